The Bertz CT molecular complexity index is 493. The zero-order valence-electron chi connectivity index (χ0n) is 14.0. The van der Waals surface area contributed by atoms with Crippen molar-refractivity contribution in [3.05, 3.63) is 0 Å². The maximum Gasteiger partial charge on any atom is 0.222 e. The fourth-order valence-corrected chi connectivity index (χ4v) is 5.26. The summed E-state index contributed by atoms with van der Waals surface area (Å²) in [7, 11) is -1.23. The minimum absolute atomic E-state index is 0.0712. The lowest BCUT2D eigenvalue weighted by atomic mass is 9.77. The summed E-state index contributed by atoms with van der Waals surface area (Å²) >= 11 is 0. The number of aliphatic hydroxyl groups is 1. The van der Waals surface area contributed by atoms with Gasteiger partial charge in [0, 0.05) is 38.6 Å². The van der Waals surface area contributed by atoms with Crippen LogP contribution in [-0.2, 0) is 19.4 Å². The Balaban J connectivity index is 1.89. The molecule has 2 aliphatic rings. The molecule has 0 aromatic carbocycles. The molecule has 1 N–H and O–H groups in total. The van der Waals surface area contributed by atoms with Crippen molar-refractivity contribution in [1.29, 1.82) is 0 Å². The molecule has 1 amide bonds. The zero-order valence-corrected chi connectivity index (χ0v) is 14.8. The Hall–Kier alpha value is -0.660. The van der Waals surface area contributed by atoms with Gasteiger partial charge >= 0.3 is 0 Å². The number of piperidine rings is 1. The minimum atomic E-state index is -2.88. The number of carbonyl (C=O) groups excluding carboxylic acids is 1. The largest absolute Gasteiger partial charge is 0.396 e. The second kappa shape index (κ2) is 7.94. The molecule has 0 aromatic rings. The molecule has 0 saturated carbocycles. The van der Waals surface area contributed by atoms with E-state index in [2.05, 4.69) is 0 Å². The molecular weight excluding hydrogens is 318 g/mol. The van der Waals surface area contributed by atoms with Crippen molar-refractivity contribution in [1.82, 2.24) is 4.90 Å². The number of hydrogen-bond donors (Lipinski definition) is 1. The van der Waals surface area contributed by atoms with Gasteiger partial charge in [-0.15, -0.1) is 0 Å². The van der Waals surface area contributed by atoms with E-state index < -0.39 is 9.84 Å². The van der Waals surface area contributed by atoms with Crippen LogP contribution in [0.2, 0.25) is 0 Å². The van der Waals surface area contributed by atoms with Crippen LogP contribution in [0.4, 0.5) is 0 Å². The Kier molecular flexibility index (Phi) is 6.45. The molecule has 0 aliphatic carbocycles. The van der Waals surface area contributed by atoms with E-state index in [0.29, 0.717) is 32.4 Å². The predicted molar refractivity (Wildman–Crippen MR) is 87.8 cm³/mol. The fraction of sp³-hybridized carbons (Fsp3) is 0.938. The summed E-state index contributed by atoms with van der Waals surface area (Å²) in [6, 6.07) is 0. The quantitative estimate of drug-likeness (QED) is 0.770. The zero-order chi connectivity index (χ0) is 16.9. The van der Waals surface area contributed by atoms with Gasteiger partial charge in [0.05, 0.1) is 18.1 Å². The van der Waals surface area contributed by atoms with Gasteiger partial charge in [0.2, 0.25) is 5.91 Å². The fourth-order valence-electron chi connectivity index (χ4n) is 3.67. The predicted octanol–water partition coefficient (Wildman–Crippen LogP) is 0.839. The molecule has 2 fully saturated rings. The van der Waals surface area contributed by atoms with Crippen molar-refractivity contribution in [3.8, 4) is 0 Å². The Morgan fingerprint density at radius 1 is 1.35 bits per heavy atom. The maximum atomic E-state index is 12.6. The molecule has 2 heterocycles. The van der Waals surface area contributed by atoms with Crippen molar-refractivity contribution < 1.29 is 23.1 Å². The molecule has 2 rings (SSSR count). The SMILES string of the molecule is COCCC1(CO)CCCN(C(=O)CC2CCS(=O)(=O)CC2)C1. The first-order chi connectivity index (χ1) is 10.9. The molecule has 0 bridgehead atoms. The molecule has 134 valence electrons. The third-order valence-electron chi connectivity index (χ3n) is 5.32. The van der Waals surface area contributed by atoms with Gasteiger partial charge in [0.25, 0.3) is 0 Å². The van der Waals surface area contributed by atoms with Crippen molar-refractivity contribution in [2.75, 3.05) is 44.9 Å². The smallest absolute Gasteiger partial charge is 0.222 e. The van der Waals surface area contributed by atoms with Gasteiger partial charge in [0.1, 0.15) is 9.84 Å². The second-order valence-electron chi connectivity index (χ2n) is 7.12. The van der Waals surface area contributed by atoms with Gasteiger partial charge in [-0.05, 0) is 38.0 Å². The van der Waals surface area contributed by atoms with Gasteiger partial charge < -0.3 is 14.7 Å². The number of sulfone groups is 1. The van der Waals surface area contributed by atoms with E-state index in [-0.39, 0.29) is 35.4 Å². The third-order valence-corrected chi connectivity index (χ3v) is 7.04. The van der Waals surface area contributed by atoms with Crippen molar-refractivity contribution in [3.63, 3.8) is 0 Å². The van der Waals surface area contributed by atoms with Crippen LogP contribution in [0.25, 0.3) is 0 Å². The first-order valence-electron chi connectivity index (χ1n) is 8.48. The van der Waals surface area contributed by atoms with Gasteiger partial charge in [-0.1, -0.05) is 0 Å². The number of methoxy groups -OCH3 is 1. The highest BCUT2D eigenvalue weighted by molar-refractivity contribution is 7.91. The van der Waals surface area contributed by atoms with Crippen LogP contribution in [0, 0.1) is 11.3 Å². The number of ether oxygens (including phenoxy) is 1. The number of amides is 1. The highest BCUT2D eigenvalue weighted by atomic mass is 32.2. The van der Waals surface area contributed by atoms with E-state index in [1.807, 2.05) is 4.90 Å². The van der Waals surface area contributed by atoms with Crippen LogP contribution in [0.15, 0.2) is 0 Å². The molecule has 23 heavy (non-hydrogen) atoms. The van der Waals surface area contributed by atoms with Crippen molar-refractivity contribution in [2.24, 2.45) is 11.3 Å². The minimum Gasteiger partial charge on any atom is -0.396 e. The van der Waals surface area contributed by atoms with Crippen LogP contribution in [0.5, 0.6) is 0 Å². The van der Waals surface area contributed by atoms with Crippen LogP contribution in [0.3, 0.4) is 0 Å². The number of likely N-dealkylation sites (tertiary alicyclic amines) is 1. The third kappa shape index (κ3) is 5.16. The van der Waals surface area contributed by atoms with E-state index in [9.17, 15) is 18.3 Å². The van der Waals surface area contributed by atoms with E-state index >= 15 is 0 Å². The summed E-state index contributed by atoms with van der Waals surface area (Å²) in [5.74, 6) is 0.693. The highest BCUT2D eigenvalue weighted by Crippen LogP contribution is 2.34. The summed E-state index contributed by atoms with van der Waals surface area (Å²) in [6.07, 6.45) is 4.19. The molecule has 0 spiro atoms. The number of aliphatic hydroxyl groups excluding tert-OH is 1. The number of rotatable bonds is 6. The lowest BCUT2D eigenvalue weighted by Crippen LogP contribution is -2.48. The van der Waals surface area contributed by atoms with Crippen LogP contribution in [-0.4, -0.2) is 69.3 Å². The van der Waals surface area contributed by atoms with Gasteiger partial charge in [-0.3, -0.25) is 4.79 Å². The Morgan fingerprint density at radius 3 is 2.65 bits per heavy atom. The summed E-state index contributed by atoms with van der Waals surface area (Å²) in [5, 5.41) is 9.79. The second-order valence-corrected chi connectivity index (χ2v) is 9.42. The molecule has 0 radical (unpaired) electrons. The molecule has 2 saturated heterocycles. The molecule has 2 aliphatic heterocycles. The first-order valence-corrected chi connectivity index (χ1v) is 10.3. The topological polar surface area (TPSA) is 83.9 Å². The number of nitrogens with zero attached hydrogens (tertiary/aromatic N) is 1. The van der Waals surface area contributed by atoms with Gasteiger partial charge in [-0.2, -0.15) is 0 Å². The van der Waals surface area contributed by atoms with E-state index in [1.54, 1.807) is 7.11 Å². The van der Waals surface area contributed by atoms with Gasteiger partial charge in [-0.25, -0.2) is 8.42 Å². The average molecular weight is 347 g/mol. The lowest BCUT2D eigenvalue weighted by molar-refractivity contribution is -0.137. The molecule has 0 aromatic heterocycles. The van der Waals surface area contributed by atoms with Crippen molar-refractivity contribution >= 4 is 15.7 Å². The standard InChI is InChI=1S/C16H29NO5S/c1-22-8-6-16(13-18)5-2-7-17(12-16)15(19)11-14-3-9-23(20,21)10-4-14/h14,18H,2-13H2,1H3. The highest BCUT2D eigenvalue weighted by Gasteiger charge is 2.37. The summed E-state index contributed by atoms with van der Waals surface area (Å²) in [5.41, 5.74) is -0.250. The first kappa shape index (κ1) is 18.7. The summed E-state index contributed by atoms with van der Waals surface area (Å²) in [6.45, 7) is 1.97. The number of carbonyl (C=O) groups is 1. The summed E-state index contributed by atoms with van der Waals surface area (Å²) < 4.78 is 28.1. The van der Waals surface area contributed by atoms with Gasteiger partial charge in [0.15, 0.2) is 0 Å². The van der Waals surface area contributed by atoms with Crippen molar-refractivity contribution in [2.45, 2.75) is 38.5 Å². The lowest BCUT2D eigenvalue weighted by Gasteiger charge is -2.42. The van der Waals surface area contributed by atoms with Crippen LogP contribution < -0.4 is 0 Å². The molecular formula is C16H29NO5S. The van der Waals surface area contributed by atoms with E-state index in [1.165, 1.54) is 0 Å². The normalized spacial score (nSPS) is 28.7. The number of hydrogen-bond acceptors (Lipinski definition) is 5. The Morgan fingerprint density at radius 2 is 2.04 bits per heavy atom. The monoisotopic (exact) mass is 347 g/mol. The molecule has 6 nitrogen and oxygen atoms in total. The molecule has 1 unspecified atom stereocenters. The molecule has 1 atom stereocenters. The molecule has 7 heteroatoms. The van der Waals surface area contributed by atoms with Crippen LogP contribution >= 0.6 is 0 Å². The Labute approximate surface area is 139 Å². The maximum absolute atomic E-state index is 12.6. The average Bonchev–Trinajstić information content (AvgIpc) is 2.55. The van der Waals surface area contributed by atoms with E-state index in [0.717, 1.165) is 25.8 Å². The van der Waals surface area contributed by atoms with Crippen LogP contribution in [0.1, 0.15) is 38.5 Å². The summed E-state index contributed by atoms with van der Waals surface area (Å²) in [4.78, 5) is 14.4. The van der Waals surface area contributed by atoms with E-state index in [4.69, 9.17) is 4.74 Å².